The molecule has 29 heavy (non-hydrogen) atoms. The fourth-order valence-corrected chi connectivity index (χ4v) is 3.12. The first kappa shape index (κ1) is 20.6. The van der Waals surface area contributed by atoms with Crippen LogP contribution < -0.4 is 4.74 Å². The highest BCUT2D eigenvalue weighted by Gasteiger charge is 2.30. The molecule has 2 heterocycles. The molecule has 2 aromatic rings. The Morgan fingerprint density at radius 2 is 1.79 bits per heavy atom. The molecule has 1 fully saturated rings. The molecule has 1 amide bonds. The van der Waals surface area contributed by atoms with Gasteiger partial charge in [0.05, 0.1) is 6.07 Å². The molecule has 1 aliphatic heterocycles. The number of hydrogen-bond acceptors (Lipinski definition) is 5. The van der Waals surface area contributed by atoms with E-state index in [1.807, 2.05) is 35.2 Å². The van der Waals surface area contributed by atoms with Crippen molar-refractivity contribution in [1.29, 1.82) is 5.26 Å². The number of alkyl halides is 3. The topological polar surface area (TPSA) is 69.5 Å². The van der Waals surface area contributed by atoms with Crippen molar-refractivity contribution in [2.45, 2.75) is 12.2 Å². The highest BCUT2D eigenvalue weighted by atomic mass is 19.4. The Bertz CT molecular complexity index is 875. The molecule has 0 N–H and O–H groups in total. The van der Waals surface area contributed by atoms with Gasteiger partial charge in [-0.1, -0.05) is 36.4 Å². The van der Waals surface area contributed by atoms with Crippen molar-refractivity contribution < 1.29 is 22.7 Å². The maximum atomic E-state index is 12.7. The minimum atomic E-state index is -4.48. The third kappa shape index (κ3) is 5.45. The Morgan fingerprint density at radius 1 is 1.10 bits per heavy atom. The number of hydrogen-bond donors (Lipinski definition) is 0. The minimum absolute atomic E-state index is 0.0259. The summed E-state index contributed by atoms with van der Waals surface area (Å²) in [4.78, 5) is 20.1. The standard InChI is InChI=1S/C20H19F3N4O2/c21-20(22,23)14-29-18-8-4-7-16(25-18)19(28)27-11-9-26(10-12-27)17(13-24)15-5-2-1-3-6-15/h1-8,17H,9-12,14H2. The number of carbonyl (C=O) groups excluding carboxylic acids is 1. The molecule has 1 aliphatic rings. The van der Waals surface area contributed by atoms with E-state index >= 15 is 0 Å². The lowest BCUT2D eigenvalue weighted by atomic mass is 10.1. The second-order valence-electron chi connectivity index (χ2n) is 6.54. The number of nitrogens with zero attached hydrogens (tertiary/aromatic N) is 4. The fraction of sp³-hybridized carbons (Fsp3) is 0.350. The number of pyridine rings is 1. The number of nitriles is 1. The van der Waals surface area contributed by atoms with Crippen LogP contribution in [0.15, 0.2) is 48.5 Å². The van der Waals surface area contributed by atoms with E-state index < -0.39 is 18.8 Å². The van der Waals surface area contributed by atoms with Crippen LogP contribution in [0.2, 0.25) is 0 Å². The fourth-order valence-electron chi connectivity index (χ4n) is 3.12. The lowest BCUT2D eigenvalue weighted by molar-refractivity contribution is -0.154. The molecule has 0 saturated carbocycles. The Hall–Kier alpha value is -3.12. The monoisotopic (exact) mass is 404 g/mol. The first-order chi connectivity index (χ1) is 13.9. The second-order valence-corrected chi connectivity index (χ2v) is 6.54. The van der Waals surface area contributed by atoms with Crippen molar-refractivity contribution in [1.82, 2.24) is 14.8 Å². The van der Waals surface area contributed by atoms with Crippen LogP contribution in [0.4, 0.5) is 13.2 Å². The average Bonchev–Trinajstić information content (AvgIpc) is 2.73. The number of halogens is 3. The Morgan fingerprint density at radius 3 is 2.41 bits per heavy atom. The predicted molar refractivity (Wildman–Crippen MR) is 98.1 cm³/mol. The summed E-state index contributed by atoms with van der Waals surface area (Å²) in [5.74, 6) is -0.629. The number of ether oxygens (including phenoxy) is 1. The molecule has 0 bridgehead atoms. The zero-order chi connectivity index (χ0) is 20.9. The molecule has 152 valence electrons. The van der Waals surface area contributed by atoms with E-state index in [2.05, 4.69) is 15.8 Å². The largest absolute Gasteiger partial charge is 0.468 e. The van der Waals surface area contributed by atoms with Crippen molar-refractivity contribution >= 4 is 5.91 Å². The second kappa shape index (κ2) is 8.92. The Kier molecular flexibility index (Phi) is 6.34. The minimum Gasteiger partial charge on any atom is -0.468 e. The van der Waals surface area contributed by atoms with E-state index in [1.165, 1.54) is 18.2 Å². The van der Waals surface area contributed by atoms with Crippen LogP contribution in [0, 0.1) is 11.3 Å². The third-order valence-electron chi connectivity index (χ3n) is 4.53. The summed E-state index contributed by atoms with van der Waals surface area (Å²) >= 11 is 0. The van der Waals surface area contributed by atoms with Gasteiger partial charge in [0.1, 0.15) is 11.7 Å². The summed E-state index contributed by atoms with van der Waals surface area (Å²) in [6.07, 6.45) is -4.48. The van der Waals surface area contributed by atoms with E-state index in [9.17, 15) is 23.2 Å². The maximum Gasteiger partial charge on any atom is 0.422 e. The van der Waals surface area contributed by atoms with Gasteiger partial charge in [0.15, 0.2) is 6.61 Å². The van der Waals surface area contributed by atoms with Crippen LogP contribution in [0.1, 0.15) is 22.1 Å². The van der Waals surface area contributed by atoms with Crippen molar-refractivity contribution in [3.8, 4) is 11.9 Å². The smallest absolute Gasteiger partial charge is 0.422 e. The van der Waals surface area contributed by atoms with E-state index in [4.69, 9.17) is 0 Å². The third-order valence-corrected chi connectivity index (χ3v) is 4.53. The summed E-state index contributed by atoms with van der Waals surface area (Å²) in [6.45, 7) is 0.315. The SMILES string of the molecule is N#CC(c1ccccc1)N1CCN(C(=O)c2cccc(OCC(F)(F)F)n2)CC1. The molecule has 3 rings (SSSR count). The van der Waals surface area contributed by atoms with Gasteiger partial charge in [-0.05, 0) is 11.6 Å². The Balaban J connectivity index is 1.61. The molecular weight excluding hydrogens is 385 g/mol. The van der Waals surface area contributed by atoms with Gasteiger partial charge >= 0.3 is 6.18 Å². The number of carbonyl (C=O) groups is 1. The number of piperazine rings is 1. The van der Waals surface area contributed by atoms with Crippen molar-refractivity contribution in [3.63, 3.8) is 0 Å². The van der Waals surface area contributed by atoms with Crippen LogP contribution in [0.5, 0.6) is 5.88 Å². The van der Waals surface area contributed by atoms with Crippen LogP contribution in [0.3, 0.4) is 0 Å². The zero-order valence-electron chi connectivity index (χ0n) is 15.5. The number of benzene rings is 1. The van der Waals surface area contributed by atoms with Gasteiger partial charge < -0.3 is 9.64 Å². The van der Waals surface area contributed by atoms with Gasteiger partial charge in [-0.3, -0.25) is 9.69 Å². The van der Waals surface area contributed by atoms with E-state index in [0.717, 1.165) is 5.56 Å². The number of aromatic nitrogens is 1. The van der Waals surface area contributed by atoms with Gasteiger partial charge in [-0.15, -0.1) is 0 Å². The van der Waals surface area contributed by atoms with Crippen LogP contribution in [0.25, 0.3) is 0 Å². The first-order valence-corrected chi connectivity index (χ1v) is 9.02. The number of rotatable bonds is 5. The molecule has 1 atom stereocenters. The maximum absolute atomic E-state index is 12.7. The molecule has 0 aliphatic carbocycles. The van der Waals surface area contributed by atoms with E-state index in [0.29, 0.717) is 26.2 Å². The molecule has 1 saturated heterocycles. The van der Waals surface area contributed by atoms with E-state index in [1.54, 1.807) is 4.90 Å². The van der Waals surface area contributed by atoms with Gasteiger partial charge in [0, 0.05) is 32.2 Å². The molecule has 0 radical (unpaired) electrons. The molecule has 9 heteroatoms. The predicted octanol–water partition coefficient (Wildman–Crippen LogP) is 3.05. The summed E-state index contributed by atoms with van der Waals surface area (Å²) in [5, 5.41) is 9.55. The normalized spacial score (nSPS) is 16.1. The van der Waals surface area contributed by atoms with E-state index in [-0.39, 0.29) is 17.5 Å². The summed E-state index contributed by atoms with van der Waals surface area (Å²) in [5.41, 5.74) is 0.920. The van der Waals surface area contributed by atoms with Crippen LogP contribution >= 0.6 is 0 Å². The number of amides is 1. The molecule has 1 aromatic heterocycles. The van der Waals surface area contributed by atoms with Crippen molar-refractivity contribution in [2.24, 2.45) is 0 Å². The molecule has 1 unspecified atom stereocenters. The highest BCUT2D eigenvalue weighted by Crippen LogP contribution is 2.22. The summed E-state index contributed by atoms with van der Waals surface area (Å²) < 4.78 is 41.5. The van der Waals surface area contributed by atoms with Gasteiger partial charge in [-0.2, -0.15) is 18.4 Å². The lowest BCUT2D eigenvalue weighted by Crippen LogP contribution is -2.49. The van der Waals surface area contributed by atoms with Gasteiger partial charge in [-0.25, -0.2) is 4.98 Å². The molecule has 0 spiro atoms. The quantitative estimate of drug-likeness (QED) is 0.766. The summed E-state index contributed by atoms with van der Waals surface area (Å²) in [7, 11) is 0. The van der Waals surface area contributed by atoms with Crippen LogP contribution in [-0.2, 0) is 0 Å². The van der Waals surface area contributed by atoms with Crippen molar-refractivity contribution in [2.75, 3.05) is 32.8 Å². The Labute approximate surface area is 166 Å². The van der Waals surface area contributed by atoms with Gasteiger partial charge in [0.2, 0.25) is 5.88 Å². The highest BCUT2D eigenvalue weighted by molar-refractivity contribution is 5.92. The molecule has 6 nitrogen and oxygen atoms in total. The van der Waals surface area contributed by atoms with Gasteiger partial charge in [0.25, 0.3) is 5.91 Å². The van der Waals surface area contributed by atoms with Crippen molar-refractivity contribution in [3.05, 3.63) is 59.8 Å². The summed E-state index contributed by atoms with van der Waals surface area (Å²) in [6, 6.07) is 15.5. The molecule has 1 aromatic carbocycles. The zero-order valence-corrected chi connectivity index (χ0v) is 15.5. The first-order valence-electron chi connectivity index (χ1n) is 9.02. The average molecular weight is 404 g/mol. The molecular formula is C20H19F3N4O2. The lowest BCUT2D eigenvalue weighted by Gasteiger charge is -2.36. The van der Waals surface area contributed by atoms with Crippen LogP contribution in [-0.4, -0.2) is 59.7 Å².